The van der Waals surface area contributed by atoms with Gasteiger partial charge in [-0.3, -0.25) is 4.79 Å². The van der Waals surface area contributed by atoms with Crippen molar-refractivity contribution in [1.29, 1.82) is 0 Å². The van der Waals surface area contributed by atoms with Gasteiger partial charge < -0.3 is 9.64 Å². The van der Waals surface area contributed by atoms with Crippen LogP contribution in [0.1, 0.15) is 24.8 Å². The number of thioether (sulfide) groups is 1. The fourth-order valence-electron chi connectivity index (χ4n) is 3.02. The quantitative estimate of drug-likeness (QED) is 0.502. The number of fused-ring (bicyclic) bond motifs is 1. The number of aromatic nitrogens is 1. The highest BCUT2D eigenvalue weighted by Gasteiger charge is 2.32. The fourth-order valence-corrected chi connectivity index (χ4v) is 5.08. The highest BCUT2D eigenvalue weighted by atomic mass is 32.2. The predicted octanol–water partition coefficient (Wildman–Crippen LogP) is 4.98. The third-order valence-corrected chi connectivity index (χ3v) is 6.82. The van der Waals surface area contributed by atoms with Crippen LogP contribution in [0.2, 0.25) is 0 Å². The monoisotopic (exact) mass is 398 g/mol. The number of rotatable bonds is 8. The molecule has 0 bridgehead atoms. The largest absolute Gasteiger partial charge is 0.497 e. The first-order valence-corrected chi connectivity index (χ1v) is 10.9. The van der Waals surface area contributed by atoms with E-state index in [0.717, 1.165) is 39.8 Å². The molecule has 0 saturated heterocycles. The van der Waals surface area contributed by atoms with Crippen LogP contribution in [-0.2, 0) is 11.3 Å². The number of thiazole rings is 1. The lowest BCUT2D eigenvalue weighted by atomic mass is 10.2. The SMILES string of the molecule is COc1ccc(CN(C(=O)CCSc2nc3ccccc3s2)C2CC2)cc1. The summed E-state index contributed by atoms with van der Waals surface area (Å²) in [4.78, 5) is 19.5. The van der Waals surface area contributed by atoms with Gasteiger partial charge in [0, 0.05) is 24.8 Å². The number of benzene rings is 2. The average Bonchev–Trinajstić information content (AvgIpc) is 3.45. The lowest BCUT2D eigenvalue weighted by molar-refractivity contribution is -0.131. The molecule has 1 heterocycles. The molecule has 3 aromatic rings. The molecule has 0 aliphatic heterocycles. The van der Waals surface area contributed by atoms with Gasteiger partial charge in [-0.25, -0.2) is 4.98 Å². The van der Waals surface area contributed by atoms with E-state index >= 15 is 0 Å². The van der Waals surface area contributed by atoms with Gasteiger partial charge >= 0.3 is 0 Å². The average molecular weight is 399 g/mol. The van der Waals surface area contributed by atoms with Crippen LogP contribution in [0, 0.1) is 0 Å². The Morgan fingerprint density at radius 2 is 2.00 bits per heavy atom. The van der Waals surface area contributed by atoms with Crippen molar-refractivity contribution in [2.45, 2.75) is 36.2 Å². The maximum Gasteiger partial charge on any atom is 0.223 e. The number of hydrogen-bond acceptors (Lipinski definition) is 5. The van der Waals surface area contributed by atoms with Crippen molar-refractivity contribution in [2.75, 3.05) is 12.9 Å². The van der Waals surface area contributed by atoms with E-state index in [9.17, 15) is 4.79 Å². The molecule has 4 rings (SSSR count). The molecule has 1 aliphatic rings. The molecular weight excluding hydrogens is 376 g/mol. The summed E-state index contributed by atoms with van der Waals surface area (Å²) in [5, 5.41) is 0. The number of methoxy groups -OCH3 is 1. The minimum Gasteiger partial charge on any atom is -0.497 e. The zero-order valence-corrected chi connectivity index (χ0v) is 16.9. The molecule has 1 saturated carbocycles. The topological polar surface area (TPSA) is 42.4 Å². The molecule has 4 nitrogen and oxygen atoms in total. The third kappa shape index (κ3) is 4.62. The van der Waals surface area contributed by atoms with Crippen molar-refractivity contribution in [3.63, 3.8) is 0 Å². The van der Waals surface area contributed by atoms with Crippen molar-refractivity contribution in [2.24, 2.45) is 0 Å². The first-order chi connectivity index (χ1) is 13.2. The zero-order chi connectivity index (χ0) is 18.6. The van der Waals surface area contributed by atoms with E-state index in [-0.39, 0.29) is 5.91 Å². The van der Waals surface area contributed by atoms with Gasteiger partial charge in [-0.2, -0.15) is 0 Å². The molecule has 0 spiro atoms. The first kappa shape index (κ1) is 18.3. The van der Waals surface area contributed by atoms with E-state index in [1.54, 1.807) is 30.2 Å². The normalized spacial score (nSPS) is 13.7. The minimum absolute atomic E-state index is 0.238. The minimum atomic E-state index is 0.238. The molecule has 1 aromatic heterocycles. The van der Waals surface area contributed by atoms with Gasteiger partial charge in [0.1, 0.15) is 5.75 Å². The van der Waals surface area contributed by atoms with Crippen LogP contribution in [0.4, 0.5) is 0 Å². The molecule has 1 fully saturated rings. The van der Waals surface area contributed by atoms with Crippen molar-refractivity contribution >= 4 is 39.2 Å². The van der Waals surface area contributed by atoms with E-state index in [4.69, 9.17) is 4.74 Å². The summed E-state index contributed by atoms with van der Waals surface area (Å²) < 4.78 is 7.45. The highest BCUT2D eigenvalue weighted by molar-refractivity contribution is 8.01. The van der Waals surface area contributed by atoms with Crippen LogP contribution in [0.15, 0.2) is 52.9 Å². The molecule has 0 radical (unpaired) electrons. The number of para-hydroxylation sites is 1. The Balaban J connectivity index is 1.33. The second-order valence-corrected chi connectivity index (χ2v) is 9.02. The van der Waals surface area contributed by atoms with Gasteiger partial charge in [0.05, 0.1) is 17.3 Å². The summed E-state index contributed by atoms with van der Waals surface area (Å²) in [6.07, 6.45) is 2.78. The number of carbonyl (C=O) groups excluding carboxylic acids is 1. The standard InChI is InChI=1S/C21H22N2O2S2/c1-25-17-10-6-15(7-11-17)14-23(16-8-9-16)20(24)12-13-26-21-22-18-4-2-3-5-19(18)27-21/h2-7,10-11,16H,8-9,12-14H2,1H3. The number of carbonyl (C=O) groups is 1. The molecule has 0 atom stereocenters. The summed E-state index contributed by atoms with van der Waals surface area (Å²) in [5.74, 6) is 1.85. The second-order valence-electron chi connectivity index (χ2n) is 6.65. The summed E-state index contributed by atoms with van der Waals surface area (Å²) in [6, 6.07) is 16.6. The Labute approximate surface area is 167 Å². The third-order valence-electron chi connectivity index (χ3n) is 4.64. The molecule has 1 amide bonds. The van der Waals surface area contributed by atoms with E-state index in [0.29, 0.717) is 19.0 Å². The zero-order valence-electron chi connectivity index (χ0n) is 15.3. The van der Waals surface area contributed by atoms with Crippen LogP contribution in [0.25, 0.3) is 10.2 Å². The number of hydrogen-bond donors (Lipinski definition) is 0. The number of ether oxygens (including phenoxy) is 1. The van der Waals surface area contributed by atoms with Crippen molar-refractivity contribution in [3.8, 4) is 5.75 Å². The van der Waals surface area contributed by atoms with E-state index in [1.807, 2.05) is 47.4 Å². The smallest absolute Gasteiger partial charge is 0.223 e. The van der Waals surface area contributed by atoms with Gasteiger partial charge in [0.25, 0.3) is 0 Å². The lowest BCUT2D eigenvalue weighted by Crippen LogP contribution is -2.32. The molecule has 140 valence electrons. The Kier molecular flexibility index (Phi) is 5.64. The van der Waals surface area contributed by atoms with Gasteiger partial charge in [-0.05, 0) is 42.7 Å². The molecule has 0 N–H and O–H groups in total. The Hall–Kier alpha value is -2.05. The number of amides is 1. The van der Waals surface area contributed by atoms with Gasteiger partial charge in [0.2, 0.25) is 5.91 Å². The van der Waals surface area contributed by atoms with E-state index in [1.165, 1.54) is 4.70 Å². The van der Waals surface area contributed by atoms with Crippen LogP contribution >= 0.6 is 23.1 Å². The van der Waals surface area contributed by atoms with Crippen LogP contribution < -0.4 is 4.74 Å². The molecule has 6 heteroatoms. The highest BCUT2D eigenvalue weighted by Crippen LogP contribution is 2.32. The molecule has 0 unspecified atom stereocenters. The van der Waals surface area contributed by atoms with Crippen molar-refractivity contribution in [1.82, 2.24) is 9.88 Å². The fraction of sp³-hybridized carbons (Fsp3) is 0.333. The molecule has 1 aliphatic carbocycles. The van der Waals surface area contributed by atoms with Crippen LogP contribution in [-0.4, -0.2) is 34.7 Å². The maximum absolute atomic E-state index is 12.8. The first-order valence-electron chi connectivity index (χ1n) is 9.14. The van der Waals surface area contributed by atoms with Crippen LogP contribution in [0.3, 0.4) is 0 Å². The second kappa shape index (κ2) is 8.31. The van der Waals surface area contributed by atoms with E-state index < -0.39 is 0 Å². The summed E-state index contributed by atoms with van der Waals surface area (Å²) >= 11 is 3.38. The van der Waals surface area contributed by atoms with Crippen molar-refractivity contribution < 1.29 is 9.53 Å². The number of nitrogens with zero attached hydrogens (tertiary/aromatic N) is 2. The van der Waals surface area contributed by atoms with E-state index in [2.05, 4.69) is 11.1 Å². The van der Waals surface area contributed by atoms with Crippen LogP contribution in [0.5, 0.6) is 5.75 Å². The van der Waals surface area contributed by atoms with Gasteiger partial charge in [-0.1, -0.05) is 36.0 Å². The van der Waals surface area contributed by atoms with Gasteiger partial charge in [-0.15, -0.1) is 11.3 Å². The van der Waals surface area contributed by atoms with Gasteiger partial charge in [0.15, 0.2) is 4.34 Å². The molecule has 2 aromatic carbocycles. The Bertz CT molecular complexity index is 886. The molecule has 27 heavy (non-hydrogen) atoms. The predicted molar refractivity (Wildman–Crippen MR) is 112 cm³/mol. The Morgan fingerprint density at radius 1 is 1.22 bits per heavy atom. The Morgan fingerprint density at radius 3 is 2.70 bits per heavy atom. The summed E-state index contributed by atoms with van der Waals surface area (Å²) in [7, 11) is 1.66. The summed E-state index contributed by atoms with van der Waals surface area (Å²) in [5.41, 5.74) is 2.19. The lowest BCUT2D eigenvalue weighted by Gasteiger charge is -2.22. The van der Waals surface area contributed by atoms with Crippen molar-refractivity contribution in [3.05, 3.63) is 54.1 Å². The summed E-state index contributed by atoms with van der Waals surface area (Å²) in [6.45, 7) is 0.680. The maximum atomic E-state index is 12.8. The molecular formula is C21H22N2O2S2.